The Labute approximate surface area is 89.3 Å². The van der Waals surface area contributed by atoms with Crippen molar-refractivity contribution in [2.45, 2.75) is 19.8 Å². The molecule has 0 saturated carbocycles. The Balaban J connectivity index is 3.16. The Morgan fingerprint density at radius 1 is 1.60 bits per heavy atom. The maximum absolute atomic E-state index is 10.7. The first-order valence-corrected chi connectivity index (χ1v) is 4.85. The number of nitrogens with zero attached hydrogens (tertiary/aromatic N) is 1. The van der Waals surface area contributed by atoms with Gasteiger partial charge < -0.3 is 9.53 Å². The van der Waals surface area contributed by atoms with Gasteiger partial charge in [0.15, 0.2) is 0 Å². The van der Waals surface area contributed by atoms with Gasteiger partial charge in [-0.25, -0.2) is 0 Å². The molecule has 0 saturated heterocycles. The van der Waals surface area contributed by atoms with Crippen molar-refractivity contribution < 1.29 is 9.53 Å². The van der Waals surface area contributed by atoms with Crippen LogP contribution in [0.1, 0.15) is 30.9 Å². The zero-order chi connectivity index (χ0) is 11.3. The number of hydrogen-bond acceptors (Lipinski definition) is 3. The standard InChI is InChI=1S/C12H13NO2/c1-3-15-12-5-4-10(7-13)6-11(12)9(2)8-14/h4-6,8-9H,3H2,1-2H3. The van der Waals surface area contributed by atoms with E-state index in [1.807, 2.05) is 13.0 Å². The van der Waals surface area contributed by atoms with E-state index in [4.69, 9.17) is 10.00 Å². The molecule has 0 spiro atoms. The van der Waals surface area contributed by atoms with Crippen molar-refractivity contribution >= 4 is 6.29 Å². The average Bonchev–Trinajstić information content (AvgIpc) is 2.29. The summed E-state index contributed by atoms with van der Waals surface area (Å²) in [6, 6.07) is 7.16. The van der Waals surface area contributed by atoms with Crippen LogP contribution in [0.4, 0.5) is 0 Å². The lowest BCUT2D eigenvalue weighted by molar-refractivity contribution is -0.108. The van der Waals surface area contributed by atoms with E-state index >= 15 is 0 Å². The zero-order valence-electron chi connectivity index (χ0n) is 8.86. The predicted molar refractivity (Wildman–Crippen MR) is 56.8 cm³/mol. The number of rotatable bonds is 4. The summed E-state index contributed by atoms with van der Waals surface area (Å²) in [5.74, 6) is 0.427. The van der Waals surface area contributed by atoms with E-state index in [0.717, 1.165) is 11.8 Å². The van der Waals surface area contributed by atoms with Crippen molar-refractivity contribution in [2.75, 3.05) is 6.61 Å². The Morgan fingerprint density at radius 3 is 2.87 bits per heavy atom. The third-order valence-corrected chi connectivity index (χ3v) is 2.13. The first-order chi connectivity index (χ1) is 7.22. The molecule has 15 heavy (non-hydrogen) atoms. The summed E-state index contributed by atoms with van der Waals surface area (Å²) in [5, 5.41) is 8.76. The third kappa shape index (κ3) is 2.57. The molecular weight excluding hydrogens is 190 g/mol. The molecule has 0 N–H and O–H groups in total. The van der Waals surface area contributed by atoms with E-state index in [-0.39, 0.29) is 5.92 Å². The Hall–Kier alpha value is -1.82. The molecule has 0 radical (unpaired) electrons. The van der Waals surface area contributed by atoms with Crippen LogP contribution >= 0.6 is 0 Å². The van der Waals surface area contributed by atoms with Crippen molar-refractivity contribution in [2.24, 2.45) is 0 Å². The highest BCUT2D eigenvalue weighted by Crippen LogP contribution is 2.26. The molecule has 0 aromatic heterocycles. The predicted octanol–water partition coefficient (Wildman–Crippen LogP) is 2.26. The highest BCUT2D eigenvalue weighted by Gasteiger charge is 2.11. The quantitative estimate of drug-likeness (QED) is 0.705. The van der Waals surface area contributed by atoms with Crippen molar-refractivity contribution in [3.63, 3.8) is 0 Å². The molecule has 1 unspecified atom stereocenters. The van der Waals surface area contributed by atoms with Gasteiger partial charge in [0, 0.05) is 11.5 Å². The van der Waals surface area contributed by atoms with Gasteiger partial charge in [0.25, 0.3) is 0 Å². The van der Waals surface area contributed by atoms with Crippen molar-refractivity contribution in [1.29, 1.82) is 5.26 Å². The van der Waals surface area contributed by atoms with E-state index in [1.54, 1.807) is 25.1 Å². The lowest BCUT2D eigenvalue weighted by atomic mass is 9.99. The van der Waals surface area contributed by atoms with Crippen LogP contribution in [-0.2, 0) is 4.79 Å². The highest BCUT2D eigenvalue weighted by molar-refractivity contribution is 5.64. The van der Waals surface area contributed by atoms with Crippen LogP contribution in [-0.4, -0.2) is 12.9 Å². The third-order valence-electron chi connectivity index (χ3n) is 2.13. The topological polar surface area (TPSA) is 50.1 Å². The fraction of sp³-hybridized carbons (Fsp3) is 0.333. The Bertz CT molecular complexity index is 393. The smallest absolute Gasteiger partial charge is 0.127 e. The molecule has 1 atom stereocenters. The number of hydrogen-bond donors (Lipinski definition) is 0. The van der Waals surface area contributed by atoms with Gasteiger partial charge in [-0.1, -0.05) is 6.92 Å². The second kappa shape index (κ2) is 5.16. The summed E-state index contributed by atoms with van der Waals surface area (Å²) in [7, 11) is 0. The van der Waals surface area contributed by atoms with Gasteiger partial charge in [-0.05, 0) is 25.1 Å². The monoisotopic (exact) mass is 203 g/mol. The summed E-state index contributed by atoms with van der Waals surface area (Å²) in [6.45, 7) is 4.21. The number of aldehydes is 1. The van der Waals surface area contributed by atoms with Crippen molar-refractivity contribution in [3.8, 4) is 11.8 Å². The summed E-state index contributed by atoms with van der Waals surface area (Å²) in [5.41, 5.74) is 1.31. The molecule has 0 aliphatic heterocycles. The van der Waals surface area contributed by atoms with Crippen LogP contribution in [0, 0.1) is 11.3 Å². The van der Waals surface area contributed by atoms with Crippen LogP contribution in [0.15, 0.2) is 18.2 Å². The van der Waals surface area contributed by atoms with Gasteiger partial charge in [-0.3, -0.25) is 0 Å². The molecular formula is C12H13NO2. The molecule has 0 amide bonds. The van der Waals surface area contributed by atoms with Gasteiger partial charge in [0.1, 0.15) is 12.0 Å². The van der Waals surface area contributed by atoms with E-state index in [0.29, 0.717) is 17.9 Å². The number of ether oxygens (including phenoxy) is 1. The Morgan fingerprint density at radius 2 is 2.33 bits per heavy atom. The summed E-state index contributed by atoms with van der Waals surface area (Å²) < 4.78 is 5.39. The second-order valence-corrected chi connectivity index (χ2v) is 3.22. The maximum Gasteiger partial charge on any atom is 0.127 e. The van der Waals surface area contributed by atoms with Crippen LogP contribution in [0.2, 0.25) is 0 Å². The van der Waals surface area contributed by atoms with E-state index < -0.39 is 0 Å². The first kappa shape index (κ1) is 11.3. The maximum atomic E-state index is 10.7. The number of carbonyl (C=O) groups is 1. The summed E-state index contributed by atoms with van der Waals surface area (Å²) in [6.07, 6.45) is 0.846. The average molecular weight is 203 g/mol. The first-order valence-electron chi connectivity index (χ1n) is 4.85. The second-order valence-electron chi connectivity index (χ2n) is 3.22. The minimum absolute atomic E-state index is 0.250. The normalized spacial score (nSPS) is 11.5. The molecule has 0 aliphatic carbocycles. The largest absolute Gasteiger partial charge is 0.494 e. The summed E-state index contributed by atoms with van der Waals surface area (Å²) >= 11 is 0. The van der Waals surface area contributed by atoms with Gasteiger partial charge >= 0.3 is 0 Å². The van der Waals surface area contributed by atoms with E-state index in [1.165, 1.54) is 0 Å². The fourth-order valence-electron chi connectivity index (χ4n) is 1.33. The van der Waals surface area contributed by atoms with Crippen LogP contribution in [0.5, 0.6) is 5.75 Å². The molecule has 78 valence electrons. The summed E-state index contributed by atoms with van der Waals surface area (Å²) in [4.78, 5) is 10.7. The minimum Gasteiger partial charge on any atom is -0.494 e. The zero-order valence-corrected chi connectivity index (χ0v) is 8.86. The van der Waals surface area contributed by atoms with Crippen LogP contribution < -0.4 is 4.74 Å². The molecule has 1 aromatic rings. The van der Waals surface area contributed by atoms with Crippen molar-refractivity contribution in [3.05, 3.63) is 29.3 Å². The molecule has 3 heteroatoms. The lowest BCUT2D eigenvalue weighted by Crippen LogP contribution is -2.01. The number of carbonyl (C=O) groups excluding carboxylic acids is 1. The molecule has 0 bridgehead atoms. The fourth-order valence-corrected chi connectivity index (χ4v) is 1.33. The molecule has 0 fully saturated rings. The Kier molecular flexibility index (Phi) is 3.87. The SMILES string of the molecule is CCOc1ccc(C#N)cc1C(C)C=O. The van der Waals surface area contributed by atoms with Gasteiger partial charge in [0.2, 0.25) is 0 Å². The van der Waals surface area contributed by atoms with Gasteiger partial charge in [-0.15, -0.1) is 0 Å². The minimum atomic E-state index is -0.250. The lowest BCUT2D eigenvalue weighted by Gasteiger charge is -2.12. The molecule has 0 aliphatic rings. The molecule has 0 heterocycles. The van der Waals surface area contributed by atoms with E-state index in [9.17, 15) is 4.79 Å². The molecule has 1 rings (SSSR count). The van der Waals surface area contributed by atoms with Crippen LogP contribution in [0.3, 0.4) is 0 Å². The molecule has 3 nitrogen and oxygen atoms in total. The van der Waals surface area contributed by atoms with Gasteiger partial charge in [-0.2, -0.15) is 5.26 Å². The van der Waals surface area contributed by atoms with Crippen LogP contribution in [0.25, 0.3) is 0 Å². The van der Waals surface area contributed by atoms with Gasteiger partial charge in [0.05, 0.1) is 18.2 Å². The number of benzene rings is 1. The van der Waals surface area contributed by atoms with Crippen molar-refractivity contribution in [1.82, 2.24) is 0 Å². The molecule has 1 aromatic carbocycles. The highest BCUT2D eigenvalue weighted by atomic mass is 16.5. The number of nitriles is 1. The van der Waals surface area contributed by atoms with E-state index in [2.05, 4.69) is 0 Å².